The summed E-state index contributed by atoms with van der Waals surface area (Å²) in [4.78, 5) is 25.4. The van der Waals surface area contributed by atoms with Gasteiger partial charge in [0.15, 0.2) is 11.0 Å². The van der Waals surface area contributed by atoms with Crippen LogP contribution in [0.4, 0.5) is 0 Å². The fourth-order valence-corrected chi connectivity index (χ4v) is 6.80. The topological polar surface area (TPSA) is 83.0 Å². The molecule has 0 radical (unpaired) electrons. The summed E-state index contributed by atoms with van der Waals surface area (Å²) in [6.45, 7) is 7.61. The van der Waals surface area contributed by atoms with Crippen molar-refractivity contribution in [1.29, 1.82) is 0 Å². The maximum atomic E-state index is 13.7. The molecule has 7 nitrogen and oxygen atoms in total. The molecule has 5 rings (SSSR count). The van der Waals surface area contributed by atoms with Gasteiger partial charge in [-0.1, -0.05) is 30.8 Å². The monoisotopic (exact) mass is 460 g/mol. The third-order valence-corrected chi connectivity index (χ3v) is 8.45. The zero-order valence-electron chi connectivity index (χ0n) is 18.2. The van der Waals surface area contributed by atoms with Gasteiger partial charge in [0.25, 0.3) is 5.56 Å². The molecule has 1 saturated heterocycles. The molecule has 31 heavy (non-hydrogen) atoms. The van der Waals surface area contributed by atoms with Crippen LogP contribution in [0.2, 0.25) is 0 Å². The minimum Gasteiger partial charge on any atom is -0.376 e. The summed E-state index contributed by atoms with van der Waals surface area (Å²) in [5, 5.41) is 5.46. The number of rotatable bonds is 6. The molecular weight excluding hydrogens is 432 g/mol. The lowest BCUT2D eigenvalue weighted by molar-refractivity contribution is 0.0937. The quantitative estimate of drug-likeness (QED) is 0.394. The lowest BCUT2D eigenvalue weighted by Gasteiger charge is -2.19. The molecule has 4 heterocycles. The van der Waals surface area contributed by atoms with Crippen molar-refractivity contribution in [2.24, 2.45) is 5.92 Å². The van der Waals surface area contributed by atoms with Gasteiger partial charge >= 0.3 is 0 Å². The first kappa shape index (κ1) is 21.2. The second-order valence-corrected chi connectivity index (χ2v) is 11.0. The Balaban J connectivity index is 1.56. The molecule has 0 saturated carbocycles. The predicted octanol–water partition coefficient (Wildman–Crippen LogP) is 4.56. The van der Waals surface area contributed by atoms with Gasteiger partial charge in [-0.2, -0.15) is 4.98 Å². The third-order valence-electron chi connectivity index (χ3n) is 6.22. The Bertz CT molecular complexity index is 1150. The highest BCUT2D eigenvalue weighted by atomic mass is 32.2. The number of thiophene rings is 1. The van der Waals surface area contributed by atoms with Crippen molar-refractivity contribution in [2.45, 2.75) is 82.4 Å². The molecule has 1 aliphatic carbocycles. The highest BCUT2D eigenvalue weighted by Gasteiger charge is 2.28. The SMILES string of the molecule is CCc1noc(C(C)Sc2nc3sc4c(c3c(=O)n2CC2CCCO2)CCC(C)C4)n1. The van der Waals surface area contributed by atoms with E-state index in [4.69, 9.17) is 14.2 Å². The minimum absolute atomic E-state index is 0.0659. The van der Waals surface area contributed by atoms with Crippen molar-refractivity contribution in [3.8, 4) is 0 Å². The Kier molecular flexibility index (Phi) is 5.92. The molecule has 1 aliphatic heterocycles. The van der Waals surface area contributed by atoms with E-state index in [0.717, 1.165) is 55.3 Å². The molecule has 0 N–H and O–H groups in total. The number of hydrogen-bond donors (Lipinski definition) is 0. The zero-order valence-corrected chi connectivity index (χ0v) is 19.9. The van der Waals surface area contributed by atoms with Gasteiger partial charge in [-0.05, 0) is 50.5 Å². The highest BCUT2D eigenvalue weighted by Crippen LogP contribution is 2.38. The molecule has 1 fully saturated rings. The number of hydrogen-bond acceptors (Lipinski definition) is 8. The standard InChI is InChI=1S/C22H28N4O3S2/c1-4-17-23-19(29-25-17)13(3)30-22-24-20-18(15-8-7-12(2)10-16(15)31-20)21(27)26(22)11-14-6-5-9-28-14/h12-14H,4-11H2,1-3H3. The summed E-state index contributed by atoms with van der Waals surface area (Å²) in [5.74, 6) is 1.93. The van der Waals surface area contributed by atoms with Gasteiger partial charge in [0.05, 0.1) is 23.3 Å². The first-order chi connectivity index (χ1) is 15.0. The second-order valence-electron chi connectivity index (χ2n) is 8.64. The number of ether oxygens (including phenoxy) is 1. The number of thioether (sulfide) groups is 1. The molecule has 3 aromatic rings. The Labute approximate surface area is 189 Å². The summed E-state index contributed by atoms with van der Waals surface area (Å²) in [6.07, 6.45) is 5.97. The minimum atomic E-state index is -0.0949. The van der Waals surface area contributed by atoms with Gasteiger partial charge in [-0.3, -0.25) is 9.36 Å². The van der Waals surface area contributed by atoms with Crippen LogP contribution >= 0.6 is 23.1 Å². The van der Waals surface area contributed by atoms with Crippen molar-refractivity contribution in [2.75, 3.05) is 6.61 Å². The van der Waals surface area contributed by atoms with Crippen molar-refractivity contribution < 1.29 is 9.26 Å². The van der Waals surface area contributed by atoms with Crippen LogP contribution in [0.5, 0.6) is 0 Å². The number of aromatic nitrogens is 4. The largest absolute Gasteiger partial charge is 0.376 e. The number of aryl methyl sites for hydroxylation is 2. The number of fused-ring (bicyclic) bond motifs is 3. The maximum Gasteiger partial charge on any atom is 0.263 e. The average molecular weight is 461 g/mol. The Morgan fingerprint density at radius 3 is 2.94 bits per heavy atom. The van der Waals surface area contributed by atoms with Crippen LogP contribution < -0.4 is 5.56 Å². The number of nitrogens with zero attached hydrogens (tertiary/aromatic N) is 4. The van der Waals surface area contributed by atoms with Gasteiger partial charge in [-0.15, -0.1) is 11.3 Å². The molecule has 166 valence electrons. The van der Waals surface area contributed by atoms with Crippen LogP contribution in [-0.2, 0) is 30.5 Å². The zero-order chi connectivity index (χ0) is 21.5. The van der Waals surface area contributed by atoms with Gasteiger partial charge in [0.2, 0.25) is 5.89 Å². The van der Waals surface area contributed by atoms with Gasteiger partial charge in [-0.25, -0.2) is 4.98 Å². The third kappa shape index (κ3) is 4.07. The molecule has 0 bridgehead atoms. The summed E-state index contributed by atoms with van der Waals surface area (Å²) in [6, 6.07) is 0. The highest BCUT2D eigenvalue weighted by molar-refractivity contribution is 7.99. The van der Waals surface area contributed by atoms with Crippen LogP contribution in [-0.4, -0.2) is 32.4 Å². The molecule has 3 unspecified atom stereocenters. The fourth-order valence-electron chi connectivity index (χ4n) is 4.43. The molecular formula is C22H28N4O3S2. The van der Waals surface area contributed by atoms with E-state index in [1.807, 2.05) is 18.4 Å². The van der Waals surface area contributed by atoms with Gasteiger partial charge < -0.3 is 9.26 Å². The van der Waals surface area contributed by atoms with Crippen LogP contribution in [0.1, 0.15) is 67.4 Å². The van der Waals surface area contributed by atoms with Crippen molar-refractivity contribution in [3.05, 3.63) is 32.5 Å². The Morgan fingerprint density at radius 2 is 2.19 bits per heavy atom. The molecule has 0 amide bonds. The molecule has 9 heteroatoms. The van der Waals surface area contributed by atoms with Gasteiger partial charge in [0.1, 0.15) is 4.83 Å². The second kappa shape index (κ2) is 8.67. The van der Waals surface area contributed by atoms with Crippen LogP contribution in [0.3, 0.4) is 0 Å². The van der Waals surface area contributed by atoms with E-state index in [9.17, 15) is 4.79 Å². The van der Waals surface area contributed by atoms with Crippen LogP contribution in [0, 0.1) is 5.92 Å². The van der Waals surface area contributed by atoms with Crippen LogP contribution in [0.15, 0.2) is 14.5 Å². The van der Waals surface area contributed by atoms with Crippen molar-refractivity contribution in [3.63, 3.8) is 0 Å². The van der Waals surface area contributed by atoms with E-state index in [2.05, 4.69) is 17.1 Å². The lowest BCUT2D eigenvalue weighted by atomic mass is 9.89. The molecule has 3 aromatic heterocycles. The van der Waals surface area contributed by atoms with E-state index < -0.39 is 0 Å². The molecule has 2 aliphatic rings. The summed E-state index contributed by atoms with van der Waals surface area (Å²) in [7, 11) is 0. The molecule has 0 spiro atoms. The Morgan fingerprint density at radius 1 is 1.32 bits per heavy atom. The smallest absolute Gasteiger partial charge is 0.263 e. The van der Waals surface area contributed by atoms with E-state index in [0.29, 0.717) is 29.3 Å². The van der Waals surface area contributed by atoms with E-state index in [-0.39, 0.29) is 16.9 Å². The van der Waals surface area contributed by atoms with Crippen molar-refractivity contribution in [1.82, 2.24) is 19.7 Å². The normalized spacial score (nSPS) is 22.2. The van der Waals surface area contributed by atoms with Gasteiger partial charge in [0, 0.05) is 17.9 Å². The molecule has 0 aromatic carbocycles. The van der Waals surface area contributed by atoms with Crippen molar-refractivity contribution >= 4 is 33.3 Å². The average Bonchev–Trinajstić information content (AvgIpc) is 3.49. The summed E-state index contributed by atoms with van der Waals surface area (Å²) in [5.41, 5.74) is 1.30. The first-order valence-electron chi connectivity index (χ1n) is 11.2. The maximum absolute atomic E-state index is 13.7. The lowest BCUT2D eigenvalue weighted by Crippen LogP contribution is -2.29. The summed E-state index contributed by atoms with van der Waals surface area (Å²) < 4.78 is 13.1. The fraction of sp³-hybridized carbons (Fsp3) is 0.636. The van der Waals surface area contributed by atoms with E-state index in [1.54, 1.807) is 11.3 Å². The first-order valence-corrected chi connectivity index (χ1v) is 12.9. The van der Waals surface area contributed by atoms with Crippen LogP contribution in [0.25, 0.3) is 10.2 Å². The molecule has 3 atom stereocenters. The van der Waals surface area contributed by atoms with E-state index >= 15 is 0 Å². The predicted molar refractivity (Wildman–Crippen MR) is 122 cm³/mol. The van der Waals surface area contributed by atoms with E-state index in [1.165, 1.54) is 22.2 Å². The Hall–Kier alpha value is -1.71. The summed E-state index contributed by atoms with van der Waals surface area (Å²) >= 11 is 3.21.